The summed E-state index contributed by atoms with van der Waals surface area (Å²) in [5, 5.41) is 8.57. The first-order chi connectivity index (χ1) is 19.3. The molecule has 0 aliphatic carbocycles. The summed E-state index contributed by atoms with van der Waals surface area (Å²) in [6, 6.07) is 0. The summed E-state index contributed by atoms with van der Waals surface area (Å²) in [5.74, 6) is 0.155. The first kappa shape index (κ1) is 39.1. The van der Waals surface area contributed by atoms with E-state index in [2.05, 4.69) is 78.0 Å². The van der Waals surface area contributed by atoms with Crippen LogP contribution in [0.5, 0.6) is 0 Å². The lowest BCUT2D eigenvalue weighted by molar-refractivity contribution is 0.341. The average molecular weight is 587 g/mol. The number of hydrogen-bond acceptors (Lipinski definition) is 3. The average Bonchev–Trinajstić information content (AvgIpc) is 2.88. The molecule has 0 bridgehead atoms. The second-order valence-corrected chi connectivity index (χ2v) is 14.5. The molecular formula is C37H62O3S. The van der Waals surface area contributed by atoms with Crippen LogP contribution in [0.2, 0.25) is 0 Å². The summed E-state index contributed by atoms with van der Waals surface area (Å²) in [6.45, 7) is 18.9. The summed E-state index contributed by atoms with van der Waals surface area (Å²) in [7, 11) is -3.17. The van der Waals surface area contributed by atoms with Crippen molar-refractivity contribution in [2.24, 2.45) is 0 Å². The lowest BCUT2D eigenvalue weighted by Gasteiger charge is -2.17. The molecular weight excluding hydrogens is 524 g/mol. The van der Waals surface area contributed by atoms with Crippen LogP contribution in [0.3, 0.4) is 0 Å². The van der Waals surface area contributed by atoms with Gasteiger partial charge in [0.15, 0.2) is 9.84 Å². The van der Waals surface area contributed by atoms with Crippen LogP contribution in [-0.2, 0) is 9.84 Å². The monoisotopic (exact) mass is 586 g/mol. The molecule has 0 spiro atoms. The SMILES string of the molecule is CCS(=O)(=O)C(C/C=C(\C)CCC=C(C)CCC=C(C)CCC=C(C)CCC=C(C)C)C(C)=CCC/C(C)=C/CO. The molecule has 1 N–H and O–H groups in total. The number of sulfone groups is 1. The molecule has 41 heavy (non-hydrogen) atoms. The van der Waals surface area contributed by atoms with Gasteiger partial charge in [0.25, 0.3) is 0 Å². The van der Waals surface area contributed by atoms with Gasteiger partial charge in [0.1, 0.15) is 0 Å². The number of allylic oxidation sites excluding steroid dienone is 12. The van der Waals surface area contributed by atoms with Gasteiger partial charge in [-0.15, -0.1) is 0 Å². The largest absolute Gasteiger partial charge is 0.392 e. The Morgan fingerprint density at radius 2 is 0.927 bits per heavy atom. The molecule has 0 radical (unpaired) electrons. The van der Waals surface area contributed by atoms with E-state index in [0.29, 0.717) is 6.42 Å². The number of aliphatic hydroxyl groups excluding tert-OH is 1. The molecule has 0 saturated carbocycles. The minimum atomic E-state index is -3.17. The quantitative estimate of drug-likeness (QED) is 0.136. The van der Waals surface area contributed by atoms with Gasteiger partial charge in [-0.25, -0.2) is 8.42 Å². The topological polar surface area (TPSA) is 54.4 Å². The Bertz CT molecular complexity index is 1070. The molecule has 0 aromatic heterocycles. The molecule has 0 amide bonds. The standard InChI is InChI=1S/C37H62O3S/c1-10-41(39,40)37(36(9)25-15-24-35(8)28-29-38)27-26-34(7)23-14-22-33(6)21-13-20-32(5)19-12-18-31(4)17-11-16-30(2)3/h16,18,20,22,25-26,28,37-38H,10-15,17,19,21,23-24,27,29H2,1-9H3/b31-18?,32-20?,33-22?,34-26+,35-28+,36-25?. The molecule has 0 aromatic carbocycles. The molecule has 0 saturated heterocycles. The van der Waals surface area contributed by atoms with E-state index in [4.69, 9.17) is 5.11 Å². The molecule has 0 aromatic rings. The second-order valence-electron chi connectivity index (χ2n) is 12.0. The summed E-state index contributed by atoms with van der Waals surface area (Å²) in [4.78, 5) is 0. The zero-order chi connectivity index (χ0) is 31.3. The van der Waals surface area contributed by atoms with Crippen molar-refractivity contribution in [3.05, 3.63) is 81.5 Å². The van der Waals surface area contributed by atoms with E-state index in [1.807, 2.05) is 13.8 Å². The number of aliphatic hydroxyl groups is 1. The van der Waals surface area contributed by atoms with E-state index in [1.165, 1.54) is 27.9 Å². The highest BCUT2D eigenvalue weighted by molar-refractivity contribution is 7.92. The fourth-order valence-electron chi connectivity index (χ4n) is 4.68. The van der Waals surface area contributed by atoms with E-state index in [0.717, 1.165) is 75.4 Å². The minimum Gasteiger partial charge on any atom is -0.392 e. The summed E-state index contributed by atoms with van der Waals surface area (Å²) < 4.78 is 25.6. The van der Waals surface area contributed by atoms with Gasteiger partial charge >= 0.3 is 0 Å². The fourth-order valence-corrected chi connectivity index (χ4v) is 6.13. The maximum Gasteiger partial charge on any atom is 0.157 e. The van der Waals surface area contributed by atoms with Gasteiger partial charge in [0, 0.05) is 5.75 Å². The van der Waals surface area contributed by atoms with E-state index < -0.39 is 15.1 Å². The maximum absolute atomic E-state index is 12.8. The van der Waals surface area contributed by atoms with E-state index in [-0.39, 0.29) is 12.4 Å². The van der Waals surface area contributed by atoms with Crippen molar-refractivity contribution in [1.82, 2.24) is 0 Å². The Morgan fingerprint density at radius 3 is 1.32 bits per heavy atom. The lowest BCUT2D eigenvalue weighted by Crippen LogP contribution is -2.24. The summed E-state index contributed by atoms with van der Waals surface area (Å²) in [6.07, 6.45) is 26.3. The van der Waals surface area contributed by atoms with E-state index in [9.17, 15) is 8.42 Å². The molecule has 1 atom stereocenters. The van der Waals surface area contributed by atoms with Crippen molar-refractivity contribution in [3.8, 4) is 0 Å². The van der Waals surface area contributed by atoms with Gasteiger partial charge in [-0.3, -0.25) is 0 Å². The molecule has 0 rings (SSSR count). The third-order valence-corrected chi connectivity index (χ3v) is 9.89. The Morgan fingerprint density at radius 1 is 0.561 bits per heavy atom. The maximum atomic E-state index is 12.8. The van der Waals surface area contributed by atoms with Gasteiger partial charge < -0.3 is 5.11 Å². The molecule has 0 aliphatic rings. The van der Waals surface area contributed by atoms with Crippen LogP contribution < -0.4 is 0 Å². The van der Waals surface area contributed by atoms with Crippen LogP contribution in [0, 0.1) is 0 Å². The van der Waals surface area contributed by atoms with Crippen molar-refractivity contribution in [2.45, 2.75) is 138 Å². The molecule has 0 fully saturated rings. The van der Waals surface area contributed by atoms with Gasteiger partial charge in [0.05, 0.1) is 11.9 Å². The fraction of sp³-hybridized carbons (Fsp3) is 0.622. The highest BCUT2D eigenvalue weighted by Crippen LogP contribution is 2.21. The summed E-state index contributed by atoms with van der Waals surface area (Å²) in [5.41, 5.74) is 9.09. The molecule has 0 aliphatic heterocycles. The zero-order valence-electron chi connectivity index (χ0n) is 28.0. The summed E-state index contributed by atoms with van der Waals surface area (Å²) >= 11 is 0. The third kappa shape index (κ3) is 20.6. The predicted molar refractivity (Wildman–Crippen MR) is 183 cm³/mol. The highest BCUT2D eigenvalue weighted by atomic mass is 32.2. The van der Waals surface area contributed by atoms with Crippen LogP contribution in [0.1, 0.15) is 133 Å². The van der Waals surface area contributed by atoms with Crippen LogP contribution in [0.25, 0.3) is 0 Å². The smallest absolute Gasteiger partial charge is 0.157 e. The van der Waals surface area contributed by atoms with E-state index >= 15 is 0 Å². The Hall–Kier alpha value is -1.91. The highest BCUT2D eigenvalue weighted by Gasteiger charge is 2.24. The molecule has 234 valence electrons. The predicted octanol–water partition coefficient (Wildman–Crippen LogP) is 10.7. The third-order valence-electron chi connectivity index (χ3n) is 7.65. The second kappa shape index (κ2) is 22.7. The first-order valence-corrected chi connectivity index (χ1v) is 17.4. The van der Waals surface area contributed by atoms with Gasteiger partial charge in [-0.05, 0) is 126 Å². The van der Waals surface area contributed by atoms with Crippen LogP contribution in [0.15, 0.2) is 81.5 Å². The minimum absolute atomic E-state index is 0.0480. The van der Waals surface area contributed by atoms with Crippen molar-refractivity contribution < 1.29 is 13.5 Å². The van der Waals surface area contributed by atoms with Crippen LogP contribution in [0.4, 0.5) is 0 Å². The van der Waals surface area contributed by atoms with Gasteiger partial charge in [-0.2, -0.15) is 0 Å². The molecule has 0 heterocycles. The zero-order valence-corrected chi connectivity index (χ0v) is 28.8. The van der Waals surface area contributed by atoms with Crippen molar-refractivity contribution in [3.63, 3.8) is 0 Å². The molecule has 3 nitrogen and oxygen atoms in total. The Kier molecular flexibility index (Phi) is 21.6. The van der Waals surface area contributed by atoms with Gasteiger partial charge in [0.2, 0.25) is 0 Å². The van der Waals surface area contributed by atoms with Crippen LogP contribution in [-0.4, -0.2) is 31.1 Å². The van der Waals surface area contributed by atoms with Crippen molar-refractivity contribution >= 4 is 9.84 Å². The van der Waals surface area contributed by atoms with Crippen molar-refractivity contribution in [2.75, 3.05) is 12.4 Å². The first-order valence-electron chi connectivity index (χ1n) is 15.7. The molecule has 1 unspecified atom stereocenters. The normalized spacial score (nSPS) is 15.4. The Labute approximate surface area is 254 Å². The Balaban J connectivity index is 4.74. The number of hydrogen-bond donors (Lipinski definition) is 1. The van der Waals surface area contributed by atoms with Crippen molar-refractivity contribution in [1.29, 1.82) is 0 Å². The van der Waals surface area contributed by atoms with Crippen LogP contribution >= 0.6 is 0 Å². The number of rotatable bonds is 21. The lowest BCUT2D eigenvalue weighted by atomic mass is 10.0. The van der Waals surface area contributed by atoms with Gasteiger partial charge in [-0.1, -0.05) is 88.5 Å². The van der Waals surface area contributed by atoms with E-state index in [1.54, 1.807) is 13.0 Å². The molecule has 4 heteroatoms.